The third-order valence-electron chi connectivity index (χ3n) is 3.34. The molecule has 0 N–H and O–H groups in total. The number of carbonyl (C=O) groups is 1. The van der Waals surface area contributed by atoms with Crippen LogP contribution >= 0.6 is 0 Å². The fourth-order valence-corrected chi connectivity index (χ4v) is 2.43. The quantitative estimate of drug-likeness (QED) is 0.406. The van der Waals surface area contributed by atoms with E-state index in [0.717, 1.165) is 44.8 Å². The van der Waals surface area contributed by atoms with Gasteiger partial charge in [0.15, 0.2) is 0 Å². The molecule has 0 saturated carbocycles. The zero-order chi connectivity index (χ0) is 11.6. The maximum atomic E-state index is 10.5. The van der Waals surface area contributed by atoms with E-state index in [-0.39, 0.29) is 0 Å². The monoisotopic (exact) mass is 221 g/mol. The van der Waals surface area contributed by atoms with E-state index in [2.05, 4.69) is 22.9 Å². The number of aliphatic imine (C=N–C) groups is 1. The minimum atomic E-state index is 0.381. The first-order valence-corrected chi connectivity index (χ1v) is 5.83. The third kappa shape index (κ3) is 1.96. The Kier molecular flexibility index (Phi) is 2.99. The van der Waals surface area contributed by atoms with Crippen molar-refractivity contribution < 1.29 is 4.79 Å². The highest BCUT2D eigenvalue weighted by Crippen LogP contribution is 2.38. The Bertz CT molecular complexity index is 321. The van der Waals surface area contributed by atoms with Gasteiger partial charge in [0.1, 0.15) is 5.84 Å². The highest BCUT2D eigenvalue weighted by molar-refractivity contribution is 5.81. The summed E-state index contributed by atoms with van der Waals surface area (Å²) >= 11 is 0. The van der Waals surface area contributed by atoms with Crippen LogP contribution in [0.3, 0.4) is 0 Å². The van der Waals surface area contributed by atoms with Crippen molar-refractivity contribution >= 4 is 12.2 Å². The summed E-state index contributed by atoms with van der Waals surface area (Å²) in [6.07, 6.45) is 5.89. The molecule has 0 aromatic carbocycles. The van der Waals surface area contributed by atoms with Gasteiger partial charge in [-0.2, -0.15) is 0 Å². The number of likely N-dealkylation sites (tertiary alicyclic amines) is 2. The summed E-state index contributed by atoms with van der Waals surface area (Å²) in [5.41, 5.74) is 0.381. The van der Waals surface area contributed by atoms with Gasteiger partial charge in [-0.25, -0.2) is 4.99 Å². The lowest BCUT2D eigenvalue weighted by Crippen LogP contribution is -2.72. The van der Waals surface area contributed by atoms with E-state index >= 15 is 0 Å². The van der Waals surface area contributed by atoms with Gasteiger partial charge in [0.2, 0.25) is 6.41 Å². The summed E-state index contributed by atoms with van der Waals surface area (Å²) < 4.78 is 0. The Hall–Kier alpha value is -1.32. The van der Waals surface area contributed by atoms with Gasteiger partial charge < -0.3 is 9.80 Å². The van der Waals surface area contributed by atoms with Crippen molar-refractivity contribution in [3.05, 3.63) is 12.3 Å². The summed E-state index contributed by atoms with van der Waals surface area (Å²) in [6.45, 7) is 8.08. The van der Waals surface area contributed by atoms with Crippen LogP contribution in [0.4, 0.5) is 0 Å². The van der Waals surface area contributed by atoms with E-state index in [1.54, 1.807) is 0 Å². The first-order chi connectivity index (χ1) is 7.69. The number of nitrogens with zero attached hydrogens (tertiary/aromatic N) is 3. The van der Waals surface area contributed by atoms with Crippen molar-refractivity contribution in [2.24, 2.45) is 10.4 Å². The van der Waals surface area contributed by atoms with E-state index < -0.39 is 0 Å². The SMILES string of the molecule is CC/C=C\N=C(/C)N1CC2(CN(C=O)C2)C1. The second kappa shape index (κ2) is 4.28. The molecule has 2 aliphatic rings. The van der Waals surface area contributed by atoms with Crippen LogP contribution in [0.5, 0.6) is 0 Å². The molecule has 0 aromatic rings. The molecule has 4 heteroatoms. The van der Waals surface area contributed by atoms with Crippen LogP contribution < -0.4 is 0 Å². The molecule has 2 rings (SSSR count). The van der Waals surface area contributed by atoms with E-state index in [9.17, 15) is 4.79 Å². The van der Waals surface area contributed by atoms with E-state index in [1.165, 1.54) is 0 Å². The minimum Gasteiger partial charge on any atom is -0.359 e. The molecule has 4 nitrogen and oxygen atoms in total. The van der Waals surface area contributed by atoms with Gasteiger partial charge in [-0.3, -0.25) is 4.79 Å². The van der Waals surface area contributed by atoms with Crippen LogP contribution in [0.15, 0.2) is 17.3 Å². The standard InChI is InChI=1S/C12H19N3O/c1-3-4-5-13-11(2)15-8-12(9-15)6-14(7-12)10-16/h4-5,10H,3,6-9H2,1-2H3/b5-4-,13-11+. The second-order valence-corrected chi connectivity index (χ2v) is 4.84. The van der Waals surface area contributed by atoms with Gasteiger partial charge in [0.05, 0.1) is 0 Å². The Balaban J connectivity index is 1.78. The van der Waals surface area contributed by atoms with Crippen LogP contribution in [0, 0.1) is 5.41 Å². The fraction of sp³-hybridized carbons (Fsp3) is 0.667. The fourth-order valence-electron chi connectivity index (χ4n) is 2.43. The summed E-state index contributed by atoms with van der Waals surface area (Å²) in [4.78, 5) is 19.0. The van der Waals surface area contributed by atoms with Gasteiger partial charge in [0, 0.05) is 37.8 Å². The zero-order valence-corrected chi connectivity index (χ0v) is 10.0. The number of rotatable bonds is 3. The molecule has 0 aromatic heterocycles. The first-order valence-electron chi connectivity index (χ1n) is 5.83. The molecule has 2 saturated heterocycles. The average Bonchev–Trinajstić information content (AvgIpc) is 2.14. The number of hydrogen-bond acceptors (Lipinski definition) is 2. The highest BCUT2D eigenvalue weighted by atomic mass is 16.1. The molecule has 0 aliphatic carbocycles. The van der Waals surface area contributed by atoms with Gasteiger partial charge in [-0.1, -0.05) is 13.0 Å². The Morgan fingerprint density at radius 2 is 2.06 bits per heavy atom. The summed E-state index contributed by atoms with van der Waals surface area (Å²) in [7, 11) is 0. The molecule has 1 amide bonds. The topological polar surface area (TPSA) is 35.9 Å². The Morgan fingerprint density at radius 1 is 1.38 bits per heavy atom. The van der Waals surface area contributed by atoms with E-state index in [4.69, 9.17) is 0 Å². The number of amidine groups is 1. The van der Waals surface area contributed by atoms with Crippen LogP contribution in [0.1, 0.15) is 20.3 Å². The first kappa shape index (κ1) is 11.2. The second-order valence-electron chi connectivity index (χ2n) is 4.84. The molecule has 1 spiro atoms. The zero-order valence-electron chi connectivity index (χ0n) is 10.0. The molecule has 0 radical (unpaired) electrons. The van der Waals surface area contributed by atoms with Crippen LogP contribution in [-0.4, -0.2) is 48.2 Å². The lowest BCUT2D eigenvalue weighted by molar-refractivity contribution is -0.139. The number of carbonyl (C=O) groups excluding carboxylic acids is 1. The summed E-state index contributed by atoms with van der Waals surface area (Å²) in [5.74, 6) is 1.08. The van der Waals surface area contributed by atoms with E-state index in [1.807, 2.05) is 18.0 Å². The van der Waals surface area contributed by atoms with Gasteiger partial charge in [-0.05, 0) is 13.3 Å². The number of allylic oxidation sites excluding steroid dienone is 1. The molecular formula is C12H19N3O. The minimum absolute atomic E-state index is 0.381. The highest BCUT2D eigenvalue weighted by Gasteiger charge is 2.51. The van der Waals surface area contributed by atoms with Crippen LogP contribution in [0.25, 0.3) is 0 Å². The lowest BCUT2D eigenvalue weighted by atomic mass is 9.73. The number of hydrogen-bond donors (Lipinski definition) is 0. The third-order valence-corrected chi connectivity index (χ3v) is 3.34. The van der Waals surface area contributed by atoms with Crippen molar-refractivity contribution in [3.8, 4) is 0 Å². The van der Waals surface area contributed by atoms with Crippen molar-refractivity contribution in [3.63, 3.8) is 0 Å². The summed E-state index contributed by atoms with van der Waals surface area (Å²) in [6, 6.07) is 0. The van der Waals surface area contributed by atoms with Crippen molar-refractivity contribution in [2.75, 3.05) is 26.2 Å². The predicted molar refractivity (Wildman–Crippen MR) is 64.2 cm³/mol. The van der Waals surface area contributed by atoms with E-state index in [0.29, 0.717) is 5.41 Å². The Labute approximate surface area is 96.6 Å². The largest absolute Gasteiger partial charge is 0.359 e. The molecule has 88 valence electrons. The van der Waals surface area contributed by atoms with Crippen molar-refractivity contribution in [2.45, 2.75) is 20.3 Å². The van der Waals surface area contributed by atoms with Crippen molar-refractivity contribution in [1.29, 1.82) is 0 Å². The molecule has 2 heterocycles. The van der Waals surface area contributed by atoms with Crippen molar-refractivity contribution in [1.82, 2.24) is 9.80 Å². The molecule has 16 heavy (non-hydrogen) atoms. The maximum Gasteiger partial charge on any atom is 0.209 e. The number of amides is 1. The lowest BCUT2D eigenvalue weighted by Gasteiger charge is -2.59. The van der Waals surface area contributed by atoms with Gasteiger partial charge >= 0.3 is 0 Å². The van der Waals surface area contributed by atoms with Gasteiger partial charge in [-0.15, -0.1) is 0 Å². The Morgan fingerprint density at radius 3 is 2.62 bits per heavy atom. The smallest absolute Gasteiger partial charge is 0.209 e. The average molecular weight is 221 g/mol. The molecule has 2 fully saturated rings. The van der Waals surface area contributed by atoms with Crippen LogP contribution in [0.2, 0.25) is 0 Å². The van der Waals surface area contributed by atoms with Gasteiger partial charge in [0.25, 0.3) is 0 Å². The molecule has 0 atom stereocenters. The maximum absolute atomic E-state index is 10.5. The molecule has 0 unspecified atom stereocenters. The normalized spacial score (nSPS) is 23.5. The predicted octanol–water partition coefficient (Wildman–Crippen LogP) is 1.10. The molecule has 0 bridgehead atoms. The van der Waals surface area contributed by atoms with Crippen LogP contribution in [-0.2, 0) is 4.79 Å². The molecule has 2 aliphatic heterocycles. The molecular weight excluding hydrogens is 202 g/mol. The summed E-state index contributed by atoms with van der Waals surface area (Å²) in [5, 5.41) is 0.